The van der Waals surface area contributed by atoms with Gasteiger partial charge in [-0.2, -0.15) is 0 Å². The van der Waals surface area contributed by atoms with Crippen molar-refractivity contribution in [3.63, 3.8) is 0 Å². The zero-order chi connectivity index (χ0) is 11.7. The molecule has 1 fully saturated rings. The van der Waals surface area contributed by atoms with Gasteiger partial charge in [0, 0.05) is 17.8 Å². The van der Waals surface area contributed by atoms with Crippen molar-refractivity contribution in [3.8, 4) is 0 Å². The minimum Gasteiger partial charge on any atom is -0.398 e. The molecular formula is C15H22N2. The number of rotatable bonds is 2. The number of anilines is 1. The van der Waals surface area contributed by atoms with Gasteiger partial charge in [0.1, 0.15) is 0 Å². The minimum absolute atomic E-state index is 0.674. The summed E-state index contributed by atoms with van der Waals surface area (Å²) >= 11 is 0. The first kappa shape index (κ1) is 11.1. The van der Waals surface area contributed by atoms with Gasteiger partial charge in [-0.05, 0) is 49.3 Å². The second-order valence-electron chi connectivity index (χ2n) is 5.57. The van der Waals surface area contributed by atoms with Crippen LogP contribution < -0.4 is 11.1 Å². The molecule has 1 saturated carbocycles. The molecule has 1 unspecified atom stereocenters. The molecule has 1 aromatic rings. The van der Waals surface area contributed by atoms with Crippen molar-refractivity contribution in [2.75, 3.05) is 5.73 Å². The van der Waals surface area contributed by atoms with Crippen LogP contribution in [-0.4, -0.2) is 12.1 Å². The van der Waals surface area contributed by atoms with Gasteiger partial charge in [0.25, 0.3) is 0 Å². The number of fused-ring (bicyclic) bond motifs is 1. The van der Waals surface area contributed by atoms with Crippen molar-refractivity contribution in [1.82, 2.24) is 5.32 Å². The average Bonchev–Trinajstić information content (AvgIpc) is 2.82. The highest BCUT2D eigenvalue weighted by Gasteiger charge is 2.23. The fraction of sp³-hybridized carbons (Fsp3) is 0.600. The Balaban J connectivity index is 1.68. The number of benzene rings is 1. The van der Waals surface area contributed by atoms with E-state index in [1.54, 1.807) is 0 Å². The summed E-state index contributed by atoms with van der Waals surface area (Å²) in [5.74, 6) is 0. The third kappa shape index (κ3) is 2.32. The molecule has 1 aromatic carbocycles. The fourth-order valence-corrected chi connectivity index (χ4v) is 3.40. The lowest BCUT2D eigenvalue weighted by Crippen LogP contribution is -2.40. The zero-order valence-electron chi connectivity index (χ0n) is 10.4. The maximum absolute atomic E-state index is 6.03. The molecule has 0 spiro atoms. The van der Waals surface area contributed by atoms with Crippen molar-refractivity contribution >= 4 is 5.69 Å². The molecule has 2 heteroatoms. The van der Waals surface area contributed by atoms with E-state index in [0.717, 1.165) is 24.6 Å². The summed E-state index contributed by atoms with van der Waals surface area (Å²) in [4.78, 5) is 0. The van der Waals surface area contributed by atoms with Crippen LogP contribution in [0.2, 0.25) is 0 Å². The predicted molar refractivity (Wildman–Crippen MR) is 72.1 cm³/mol. The molecule has 0 aliphatic heterocycles. The van der Waals surface area contributed by atoms with E-state index in [2.05, 4.69) is 17.4 Å². The third-order valence-electron chi connectivity index (χ3n) is 4.34. The van der Waals surface area contributed by atoms with E-state index >= 15 is 0 Å². The Labute approximate surface area is 104 Å². The summed E-state index contributed by atoms with van der Waals surface area (Å²) < 4.78 is 0. The quantitative estimate of drug-likeness (QED) is 0.767. The van der Waals surface area contributed by atoms with Gasteiger partial charge >= 0.3 is 0 Å². The molecule has 0 bridgehead atoms. The van der Waals surface area contributed by atoms with Crippen LogP contribution in [0.25, 0.3) is 0 Å². The van der Waals surface area contributed by atoms with Gasteiger partial charge < -0.3 is 11.1 Å². The first-order valence-corrected chi connectivity index (χ1v) is 6.95. The van der Waals surface area contributed by atoms with Crippen molar-refractivity contribution < 1.29 is 0 Å². The molecule has 0 radical (unpaired) electrons. The normalized spacial score (nSPS) is 24.8. The molecule has 0 heterocycles. The number of nitrogens with two attached hydrogens (primary N) is 1. The lowest BCUT2D eigenvalue weighted by Gasteiger charge is -2.29. The molecule has 2 aliphatic carbocycles. The maximum atomic E-state index is 6.03. The summed E-state index contributed by atoms with van der Waals surface area (Å²) in [5.41, 5.74) is 9.88. The van der Waals surface area contributed by atoms with Crippen LogP contribution >= 0.6 is 0 Å². The van der Waals surface area contributed by atoms with Gasteiger partial charge in [-0.25, -0.2) is 0 Å². The highest BCUT2D eigenvalue weighted by atomic mass is 15.0. The summed E-state index contributed by atoms with van der Waals surface area (Å²) in [7, 11) is 0. The molecule has 3 N–H and O–H groups in total. The SMILES string of the molecule is Nc1cccc2c1CCC(NC1CCCC1)C2. The lowest BCUT2D eigenvalue weighted by molar-refractivity contribution is 0.396. The Hall–Kier alpha value is -1.02. The van der Waals surface area contributed by atoms with Crippen LogP contribution in [0.3, 0.4) is 0 Å². The molecule has 3 rings (SSSR count). The van der Waals surface area contributed by atoms with E-state index in [1.807, 2.05) is 6.07 Å². The van der Waals surface area contributed by atoms with Gasteiger partial charge in [0.2, 0.25) is 0 Å². The molecule has 92 valence electrons. The number of hydrogen-bond donors (Lipinski definition) is 2. The Kier molecular flexibility index (Phi) is 3.06. The van der Waals surface area contributed by atoms with Crippen LogP contribution in [0, 0.1) is 0 Å². The minimum atomic E-state index is 0.674. The summed E-state index contributed by atoms with van der Waals surface area (Å²) in [6.07, 6.45) is 9.13. The monoisotopic (exact) mass is 230 g/mol. The maximum Gasteiger partial charge on any atom is 0.0349 e. The third-order valence-corrected chi connectivity index (χ3v) is 4.34. The molecule has 2 aliphatic rings. The molecule has 0 amide bonds. The Bertz CT molecular complexity index is 394. The first-order valence-electron chi connectivity index (χ1n) is 6.95. The Morgan fingerprint density at radius 1 is 1.06 bits per heavy atom. The Morgan fingerprint density at radius 3 is 2.71 bits per heavy atom. The van der Waals surface area contributed by atoms with Crippen LogP contribution in [0.15, 0.2) is 18.2 Å². The van der Waals surface area contributed by atoms with E-state index in [0.29, 0.717) is 6.04 Å². The highest BCUT2D eigenvalue weighted by molar-refractivity contribution is 5.52. The van der Waals surface area contributed by atoms with Gasteiger partial charge in [-0.3, -0.25) is 0 Å². The fourth-order valence-electron chi connectivity index (χ4n) is 3.40. The van der Waals surface area contributed by atoms with Crippen molar-refractivity contribution in [2.24, 2.45) is 0 Å². The topological polar surface area (TPSA) is 38.0 Å². The molecular weight excluding hydrogens is 208 g/mol. The van der Waals surface area contributed by atoms with E-state index in [4.69, 9.17) is 5.73 Å². The van der Waals surface area contributed by atoms with Gasteiger partial charge in [0.05, 0.1) is 0 Å². The van der Waals surface area contributed by atoms with Crippen LogP contribution in [-0.2, 0) is 12.8 Å². The molecule has 1 atom stereocenters. The van der Waals surface area contributed by atoms with Gasteiger partial charge in [-0.1, -0.05) is 25.0 Å². The predicted octanol–water partition coefficient (Wildman–Crippen LogP) is 2.66. The number of hydrogen-bond acceptors (Lipinski definition) is 2. The van der Waals surface area contributed by atoms with Crippen molar-refractivity contribution in [1.29, 1.82) is 0 Å². The van der Waals surface area contributed by atoms with Crippen LogP contribution in [0.5, 0.6) is 0 Å². The van der Waals surface area contributed by atoms with E-state index in [1.165, 1.54) is 43.2 Å². The van der Waals surface area contributed by atoms with Gasteiger partial charge in [-0.15, -0.1) is 0 Å². The summed E-state index contributed by atoms with van der Waals surface area (Å²) in [6.45, 7) is 0. The zero-order valence-corrected chi connectivity index (χ0v) is 10.4. The van der Waals surface area contributed by atoms with Crippen molar-refractivity contribution in [3.05, 3.63) is 29.3 Å². The average molecular weight is 230 g/mol. The molecule has 2 nitrogen and oxygen atoms in total. The first-order chi connectivity index (χ1) is 8.33. The number of nitrogen functional groups attached to an aromatic ring is 1. The lowest BCUT2D eigenvalue weighted by atomic mass is 9.87. The van der Waals surface area contributed by atoms with E-state index < -0.39 is 0 Å². The highest BCUT2D eigenvalue weighted by Crippen LogP contribution is 2.27. The molecule has 0 aromatic heterocycles. The largest absolute Gasteiger partial charge is 0.398 e. The van der Waals surface area contributed by atoms with E-state index in [9.17, 15) is 0 Å². The summed E-state index contributed by atoms with van der Waals surface area (Å²) in [5, 5.41) is 3.84. The van der Waals surface area contributed by atoms with Crippen LogP contribution in [0.1, 0.15) is 43.2 Å². The smallest absolute Gasteiger partial charge is 0.0349 e. The second kappa shape index (κ2) is 4.69. The van der Waals surface area contributed by atoms with Crippen LogP contribution in [0.4, 0.5) is 5.69 Å². The molecule has 0 saturated heterocycles. The summed E-state index contributed by atoms with van der Waals surface area (Å²) in [6, 6.07) is 7.82. The Morgan fingerprint density at radius 2 is 1.88 bits per heavy atom. The second-order valence-corrected chi connectivity index (χ2v) is 5.57. The molecule has 17 heavy (non-hydrogen) atoms. The number of nitrogens with one attached hydrogen (secondary N) is 1. The van der Waals surface area contributed by atoms with Gasteiger partial charge in [0.15, 0.2) is 0 Å². The van der Waals surface area contributed by atoms with Crippen molar-refractivity contribution in [2.45, 2.75) is 57.0 Å². The standard InChI is InChI=1S/C15H22N2/c16-15-7-3-4-11-10-13(8-9-14(11)15)17-12-5-1-2-6-12/h3-4,7,12-13,17H,1-2,5-6,8-10,16H2. The van der Waals surface area contributed by atoms with E-state index in [-0.39, 0.29) is 0 Å².